The molecule has 0 spiro atoms. The number of alkyl halides is 3. The number of β-amino-alcohol motifs (C(OH)–C–C–N with tert-alkyl or cyclic N) is 1. The fourth-order valence-electron chi connectivity index (χ4n) is 3.22. The van der Waals surface area contributed by atoms with Gasteiger partial charge in [-0.15, -0.1) is 0 Å². The molecule has 1 saturated heterocycles. The average Bonchev–Trinajstić information content (AvgIpc) is 2.67. The van der Waals surface area contributed by atoms with Crippen LogP contribution in [0.4, 0.5) is 37.7 Å². The first-order valence-electron chi connectivity index (χ1n) is 9.38. The number of aliphatic hydroxyl groups is 1. The third-order valence-electron chi connectivity index (χ3n) is 4.81. The highest BCUT2D eigenvalue weighted by Crippen LogP contribution is 2.31. The van der Waals surface area contributed by atoms with E-state index in [4.69, 9.17) is 0 Å². The predicted octanol–water partition coefficient (Wildman–Crippen LogP) is 4.18. The van der Waals surface area contributed by atoms with Gasteiger partial charge in [0, 0.05) is 16.7 Å². The molecular weight excluding hydrogens is 555 g/mol. The Balaban J connectivity index is 1.70. The summed E-state index contributed by atoms with van der Waals surface area (Å²) in [6.07, 6.45) is -5.39. The third-order valence-corrected chi connectivity index (χ3v) is 5.48. The van der Waals surface area contributed by atoms with Gasteiger partial charge >= 0.3 is 6.18 Å². The molecule has 0 unspecified atom stereocenters. The Hall–Kier alpha value is -2.06. The summed E-state index contributed by atoms with van der Waals surface area (Å²) in [4.78, 5) is 13.9. The van der Waals surface area contributed by atoms with Crippen molar-refractivity contribution in [2.24, 2.45) is 0 Å². The molecule has 0 aliphatic carbocycles. The van der Waals surface area contributed by atoms with E-state index in [0.717, 1.165) is 17.0 Å². The van der Waals surface area contributed by atoms with E-state index in [0.29, 0.717) is 3.57 Å². The molecule has 0 radical (unpaired) electrons. The Morgan fingerprint density at radius 2 is 1.81 bits per heavy atom. The maximum atomic E-state index is 14.5. The van der Waals surface area contributed by atoms with Crippen molar-refractivity contribution in [3.8, 4) is 0 Å². The third kappa shape index (κ3) is 5.84. The number of benzene rings is 2. The summed E-state index contributed by atoms with van der Waals surface area (Å²) in [5.74, 6) is -4.11. The summed E-state index contributed by atoms with van der Waals surface area (Å²) in [5.41, 5.74) is -2.46. The van der Waals surface area contributed by atoms with E-state index >= 15 is 0 Å². The van der Waals surface area contributed by atoms with Crippen LogP contribution in [0.1, 0.15) is 16.8 Å². The van der Waals surface area contributed by atoms with Gasteiger partial charge < -0.3 is 20.6 Å². The summed E-state index contributed by atoms with van der Waals surface area (Å²) < 4.78 is 79.6. The SMILES string of the molecule is O=C(c1ccc(F)c(F)c1Nc1ccc(I)cc1F)N1CC(O)(CNCCC(F)(F)F)C1. The quantitative estimate of drug-likeness (QED) is 0.265. The second-order valence-corrected chi connectivity index (χ2v) is 8.71. The fraction of sp³-hybridized carbons (Fsp3) is 0.350. The normalized spacial score (nSPS) is 15.4. The molecule has 0 atom stereocenters. The Kier molecular flexibility index (Phi) is 7.25. The Labute approximate surface area is 192 Å². The van der Waals surface area contributed by atoms with Crippen LogP contribution in [0.2, 0.25) is 0 Å². The van der Waals surface area contributed by atoms with Crippen molar-refractivity contribution in [1.29, 1.82) is 0 Å². The molecule has 2 aromatic carbocycles. The minimum atomic E-state index is -4.33. The number of amides is 1. The topological polar surface area (TPSA) is 64.6 Å². The molecule has 3 N–H and O–H groups in total. The van der Waals surface area contributed by atoms with Gasteiger partial charge in [-0.2, -0.15) is 13.2 Å². The van der Waals surface area contributed by atoms with Crippen LogP contribution in [0, 0.1) is 21.0 Å². The van der Waals surface area contributed by atoms with Crippen LogP contribution in [0.25, 0.3) is 0 Å². The highest BCUT2D eigenvalue weighted by Gasteiger charge is 2.44. The standard InChI is InChI=1S/C20H18F6IN3O2/c21-13-3-2-12(17(16(13)23)29-15-4-1-11(27)7-14(15)22)18(31)30-9-19(32,10-30)8-28-6-5-20(24,25)26/h1-4,7,28-29,32H,5-6,8-10H2. The lowest BCUT2D eigenvalue weighted by molar-refractivity contribution is -0.134. The number of nitrogens with zero attached hydrogens (tertiary/aromatic N) is 1. The van der Waals surface area contributed by atoms with Gasteiger partial charge in [0.15, 0.2) is 11.6 Å². The van der Waals surface area contributed by atoms with Gasteiger partial charge in [-0.1, -0.05) is 0 Å². The van der Waals surface area contributed by atoms with Crippen molar-refractivity contribution >= 4 is 39.9 Å². The van der Waals surface area contributed by atoms with E-state index in [1.807, 2.05) is 22.6 Å². The number of hydrogen-bond acceptors (Lipinski definition) is 4. The Morgan fingerprint density at radius 1 is 1.12 bits per heavy atom. The average molecular weight is 573 g/mol. The molecule has 12 heteroatoms. The smallest absolute Gasteiger partial charge is 0.385 e. The highest BCUT2D eigenvalue weighted by molar-refractivity contribution is 14.1. The van der Waals surface area contributed by atoms with Crippen LogP contribution in [0.3, 0.4) is 0 Å². The summed E-state index contributed by atoms with van der Waals surface area (Å²) in [6.45, 7) is -1.01. The van der Waals surface area contributed by atoms with Crippen molar-refractivity contribution < 1.29 is 36.2 Å². The van der Waals surface area contributed by atoms with E-state index < -0.39 is 53.8 Å². The first-order chi connectivity index (χ1) is 14.9. The molecule has 32 heavy (non-hydrogen) atoms. The lowest BCUT2D eigenvalue weighted by Crippen LogP contribution is -2.67. The highest BCUT2D eigenvalue weighted by atomic mass is 127. The number of carbonyl (C=O) groups is 1. The number of likely N-dealkylation sites (tertiary alicyclic amines) is 1. The molecular formula is C20H18F6IN3O2. The lowest BCUT2D eigenvalue weighted by Gasteiger charge is -2.46. The van der Waals surface area contributed by atoms with Crippen LogP contribution >= 0.6 is 22.6 Å². The van der Waals surface area contributed by atoms with Crippen LogP contribution < -0.4 is 10.6 Å². The maximum absolute atomic E-state index is 14.5. The van der Waals surface area contributed by atoms with Gasteiger partial charge in [0.05, 0.1) is 36.4 Å². The Morgan fingerprint density at radius 3 is 2.44 bits per heavy atom. The Bertz CT molecular complexity index is 1010. The van der Waals surface area contributed by atoms with Crippen molar-refractivity contribution in [2.75, 3.05) is 31.5 Å². The van der Waals surface area contributed by atoms with Gasteiger partial charge in [0.2, 0.25) is 0 Å². The molecule has 3 rings (SSSR count). The first kappa shape index (κ1) is 24.6. The van der Waals surface area contributed by atoms with Gasteiger partial charge in [0.1, 0.15) is 11.4 Å². The number of anilines is 2. The summed E-state index contributed by atoms with van der Waals surface area (Å²) >= 11 is 1.88. The van der Waals surface area contributed by atoms with Crippen molar-refractivity contribution in [2.45, 2.75) is 18.2 Å². The van der Waals surface area contributed by atoms with Crippen LogP contribution in [0.15, 0.2) is 30.3 Å². The van der Waals surface area contributed by atoms with E-state index in [1.54, 1.807) is 0 Å². The summed E-state index contributed by atoms with van der Waals surface area (Å²) in [7, 11) is 0. The van der Waals surface area contributed by atoms with E-state index in [1.165, 1.54) is 18.2 Å². The maximum Gasteiger partial charge on any atom is 0.390 e. The van der Waals surface area contributed by atoms with Crippen LogP contribution in [0.5, 0.6) is 0 Å². The lowest BCUT2D eigenvalue weighted by atomic mass is 9.92. The molecule has 0 bridgehead atoms. The van der Waals surface area contributed by atoms with Crippen molar-refractivity contribution in [3.05, 3.63) is 56.9 Å². The molecule has 0 saturated carbocycles. The van der Waals surface area contributed by atoms with Crippen LogP contribution in [-0.2, 0) is 0 Å². The number of carbonyl (C=O) groups excluding carboxylic acids is 1. The molecule has 0 aromatic heterocycles. The summed E-state index contributed by atoms with van der Waals surface area (Å²) in [5, 5.41) is 15.2. The zero-order valence-corrected chi connectivity index (χ0v) is 18.5. The number of hydrogen-bond donors (Lipinski definition) is 3. The fourth-order valence-corrected chi connectivity index (χ4v) is 3.67. The minimum Gasteiger partial charge on any atom is -0.385 e. The van der Waals surface area contributed by atoms with Crippen LogP contribution in [-0.4, -0.2) is 53.9 Å². The second-order valence-electron chi connectivity index (χ2n) is 7.46. The first-order valence-corrected chi connectivity index (χ1v) is 10.5. The zero-order chi connectivity index (χ0) is 23.7. The number of rotatable bonds is 7. The molecule has 1 amide bonds. The molecule has 1 fully saturated rings. The molecule has 1 aliphatic heterocycles. The van der Waals surface area contributed by atoms with E-state index in [9.17, 15) is 36.2 Å². The molecule has 1 heterocycles. The largest absolute Gasteiger partial charge is 0.390 e. The number of nitrogens with one attached hydrogen (secondary N) is 2. The molecule has 2 aromatic rings. The van der Waals surface area contributed by atoms with Gasteiger partial charge in [-0.05, 0) is 52.9 Å². The molecule has 1 aliphatic rings. The van der Waals surface area contributed by atoms with Gasteiger partial charge in [0.25, 0.3) is 5.91 Å². The van der Waals surface area contributed by atoms with E-state index in [2.05, 4.69) is 10.6 Å². The predicted molar refractivity (Wildman–Crippen MR) is 113 cm³/mol. The van der Waals surface area contributed by atoms with Crippen molar-refractivity contribution in [1.82, 2.24) is 10.2 Å². The zero-order valence-electron chi connectivity index (χ0n) is 16.4. The monoisotopic (exact) mass is 573 g/mol. The summed E-state index contributed by atoms with van der Waals surface area (Å²) in [6, 6.07) is 5.80. The van der Waals surface area contributed by atoms with E-state index in [-0.39, 0.29) is 30.9 Å². The van der Waals surface area contributed by atoms with Gasteiger partial charge in [-0.25, -0.2) is 13.2 Å². The van der Waals surface area contributed by atoms with Crippen molar-refractivity contribution in [3.63, 3.8) is 0 Å². The minimum absolute atomic E-state index is 0.169. The second kappa shape index (κ2) is 9.43. The molecule has 5 nitrogen and oxygen atoms in total. The molecule has 174 valence electrons. The van der Waals surface area contributed by atoms with Gasteiger partial charge in [-0.3, -0.25) is 4.79 Å². The number of halogens is 7.